The van der Waals surface area contributed by atoms with Gasteiger partial charge in [0.2, 0.25) is 0 Å². The molecule has 75 heavy (non-hydrogen) atoms. The zero-order chi connectivity index (χ0) is 55.1. The number of ether oxygens (including phenoxy) is 3. The van der Waals surface area contributed by atoms with Crippen molar-refractivity contribution in [3.63, 3.8) is 0 Å². The zero-order valence-electron chi connectivity index (χ0n) is 44.3. The normalized spacial score (nSPS) is 28.8. The number of carbonyl (C=O) groups is 3. The lowest BCUT2D eigenvalue weighted by Gasteiger charge is -2.39. The molecule has 2 aliphatic heterocycles. The van der Waals surface area contributed by atoms with Crippen LogP contribution in [0.15, 0.2) is 41.4 Å². The number of aliphatic hydroxyl groups is 4. The Bertz CT molecular complexity index is 2020. The van der Waals surface area contributed by atoms with Crippen LogP contribution in [0.5, 0.6) is 0 Å². The lowest BCUT2D eigenvalue weighted by Crippen LogP contribution is -2.51. The van der Waals surface area contributed by atoms with E-state index in [0.29, 0.717) is 38.5 Å². The highest BCUT2D eigenvalue weighted by atomic mass is 31.3. The predicted octanol–water partition coefficient (Wildman–Crippen LogP) is 8.37. The van der Waals surface area contributed by atoms with E-state index in [1.807, 2.05) is 6.92 Å². The molecule has 2 aliphatic rings. The number of aliphatic hydroxyl groups excluding tert-OH is 4. The van der Waals surface area contributed by atoms with E-state index >= 15 is 0 Å². The van der Waals surface area contributed by atoms with E-state index < -0.39 is 120 Å². The van der Waals surface area contributed by atoms with E-state index in [9.17, 15) is 58.5 Å². The fraction of sp³-hybridized carbons (Fsp3) is 0.788. The van der Waals surface area contributed by atoms with Crippen LogP contribution in [-0.2, 0) is 51.1 Å². The molecule has 2 unspecified atom stereocenters. The Labute approximate surface area is 443 Å². The molecule has 11 atom stereocenters. The van der Waals surface area contributed by atoms with Gasteiger partial charge in [0, 0.05) is 31.4 Å². The van der Waals surface area contributed by atoms with Crippen LogP contribution < -0.4 is 11.4 Å². The number of phosphoric acid groups is 2. The van der Waals surface area contributed by atoms with E-state index in [0.717, 1.165) is 68.8 Å². The average molecular weight is 1110 g/mol. The van der Waals surface area contributed by atoms with Crippen molar-refractivity contribution in [3.05, 3.63) is 47.1 Å². The van der Waals surface area contributed by atoms with E-state index in [2.05, 4.69) is 28.4 Å². The van der Waals surface area contributed by atoms with Crippen LogP contribution >= 0.6 is 15.6 Å². The molecule has 3 heterocycles. The number of Topliss-reactive ketones (excluding diaryl/α,β-unsaturated/α-hetero) is 1. The Balaban J connectivity index is 1.71. The SMILES string of the molecule is CCCCCCCC/C=C\CCCCCCCCCC(=O)OC[C@@H]1COP(=O)(O)OP(=O)(O)OC[C@H]2O[C@@H](n3ccc(N)nc3=O)[C@@H](CCCCCCC(=O)O1)[C@@H](O)CC(=O)[C@H](/C=C\[C@@H](O)CCCCC)[C@H](O)[C@@H]2O. The number of phosphoric ester groups is 2. The van der Waals surface area contributed by atoms with Crippen molar-refractivity contribution in [2.75, 3.05) is 25.6 Å². The molecule has 0 radical (unpaired) electrons. The fourth-order valence-corrected chi connectivity index (χ4v) is 11.1. The molecule has 2 fully saturated rings. The number of nitrogens with two attached hydrogens (primary N) is 1. The second-order valence-corrected chi connectivity index (χ2v) is 22.9. The number of unbranched alkanes of at least 4 members (excludes halogenated alkanes) is 15. The quantitative estimate of drug-likeness (QED) is 0.0198. The molecule has 23 heteroatoms. The van der Waals surface area contributed by atoms with Crippen molar-refractivity contribution in [1.29, 1.82) is 0 Å². The monoisotopic (exact) mass is 1110 g/mol. The number of cyclic esters (lactones) is 1. The van der Waals surface area contributed by atoms with Gasteiger partial charge in [0.1, 0.15) is 36.6 Å². The number of aromatic nitrogens is 2. The maximum atomic E-state index is 14.0. The minimum Gasteiger partial charge on any atom is -0.462 e. The Morgan fingerprint density at radius 1 is 0.827 bits per heavy atom. The van der Waals surface area contributed by atoms with Crippen molar-refractivity contribution in [2.45, 2.75) is 230 Å². The van der Waals surface area contributed by atoms with Gasteiger partial charge in [0.25, 0.3) is 0 Å². The maximum Gasteiger partial charge on any atom is 0.481 e. The fourth-order valence-electron chi connectivity index (χ4n) is 9.04. The molecule has 3 rings (SSSR count). The Morgan fingerprint density at radius 2 is 1.43 bits per heavy atom. The summed E-state index contributed by atoms with van der Waals surface area (Å²) in [6.45, 7) is 1.51. The standard InChI is InChI=1S/C52H89N3O18P2/c1-3-5-7-8-9-10-11-12-13-14-15-16-17-18-19-20-25-29-47(59)68-36-40-37-69-74(64,65)73-75(66,67)70-38-45-50(62)49(61)41(32-31-39(56)27-23-6-4-2)43(57)35-44(58)42(28-24-21-22-26-30-48(60)71-40)51(72-45)55-34-33-46(53)54-52(55)63/h12-13,31-34,39-42,44-45,49-51,56,58,61-62H,3-11,14-30,35-38H2,1-2H3,(H,64,65)(H,66,67)(H2,53,54,63)/b13-12-,32-31-/t39-,40+,41-,42-,44-,45+,49-,50+,51+/m0/s1. The number of hydrogen-bond donors (Lipinski definition) is 7. The largest absolute Gasteiger partial charge is 0.481 e. The van der Waals surface area contributed by atoms with Crippen LogP contribution in [0.2, 0.25) is 0 Å². The predicted molar refractivity (Wildman–Crippen MR) is 281 cm³/mol. The molecule has 430 valence electrons. The van der Waals surface area contributed by atoms with E-state index in [-0.39, 0.29) is 31.5 Å². The van der Waals surface area contributed by atoms with Gasteiger partial charge in [0.05, 0.1) is 37.4 Å². The highest BCUT2D eigenvalue weighted by molar-refractivity contribution is 7.61. The number of allylic oxidation sites excluding steroid dienone is 2. The summed E-state index contributed by atoms with van der Waals surface area (Å²) in [6.07, 6.45) is 16.8. The lowest BCUT2D eigenvalue weighted by molar-refractivity contribution is -0.188. The van der Waals surface area contributed by atoms with Gasteiger partial charge < -0.3 is 50.2 Å². The number of nitrogens with zero attached hydrogens (tertiary/aromatic N) is 2. The Kier molecular flexibility index (Phi) is 32.5. The summed E-state index contributed by atoms with van der Waals surface area (Å²) in [6, 6.07) is 1.25. The molecule has 0 aromatic carbocycles. The first kappa shape index (κ1) is 66.1. The van der Waals surface area contributed by atoms with Gasteiger partial charge >= 0.3 is 33.3 Å². The second kappa shape index (κ2) is 36.8. The van der Waals surface area contributed by atoms with Crippen molar-refractivity contribution in [2.24, 2.45) is 11.8 Å². The highest BCUT2D eigenvalue weighted by Gasteiger charge is 2.45. The minimum absolute atomic E-state index is 0.0564. The smallest absolute Gasteiger partial charge is 0.462 e. The molecule has 0 amide bonds. The third-order valence-corrected chi connectivity index (χ3v) is 16.0. The molecule has 21 nitrogen and oxygen atoms in total. The first-order chi connectivity index (χ1) is 35.9. The van der Waals surface area contributed by atoms with E-state index in [1.54, 1.807) is 0 Å². The maximum absolute atomic E-state index is 14.0. The van der Waals surface area contributed by atoms with Crippen LogP contribution in [0.25, 0.3) is 0 Å². The third kappa shape index (κ3) is 27.3. The third-order valence-electron chi connectivity index (χ3n) is 13.4. The summed E-state index contributed by atoms with van der Waals surface area (Å²) in [7, 11) is -11.3. The summed E-state index contributed by atoms with van der Waals surface area (Å²) < 4.78 is 59.1. The van der Waals surface area contributed by atoms with Gasteiger partial charge in [-0.3, -0.25) is 28.0 Å². The molecule has 0 aliphatic carbocycles. The number of rotatable bonds is 26. The van der Waals surface area contributed by atoms with Crippen molar-refractivity contribution in [1.82, 2.24) is 9.55 Å². The topological polar surface area (TPSA) is 323 Å². The van der Waals surface area contributed by atoms with Gasteiger partial charge in [-0.05, 0) is 57.4 Å². The first-order valence-electron chi connectivity index (χ1n) is 27.5. The Hall–Kier alpha value is -3.17. The lowest BCUT2D eigenvalue weighted by atomic mass is 9.83. The highest BCUT2D eigenvalue weighted by Crippen LogP contribution is 2.60. The molecule has 8 N–H and O–H groups in total. The number of esters is 2. The van der Waals surface area contributed by atoms with Crippen LogP contribution in [0.4, 0.5) is 5.82 Å². The summed E-state index contributed by atoms with van der Waals surface area (Å²) in [4.78, 5) is 78.2. The summed E-state index contributed by atoms with van der Waals surface area (Å²) in [5, 5.41) is 45.8. The van der Waals surface area contributed by atoms with Crippen LogP contribution in [0, 0.1) is 11.8 Å². The molecule has 2 bridgehead atoms. The number of anilines is 1. The molecule has 1 aromatic rings. The van der Waals surface area contributed by atoms with Crippen molar-refractivity contribution < 1.29 is 81.3 Å². The van der Waals surface area contributed by atoms with E-state index in [4.69, 9.17) is 29.0 Å². The summed E-state index contributed by atoms with van der Waals surface area (Å²) >= 11 is 0. The molecule has 2 saturated heterocycles. The van der Waals surface area contributed by atoms with Crippen LogP contribution in [0.1, 0.15) is 193 Å². The second-order valence-electron chi connectivity index (χ2n) is 19.9. The minimum atomic E-state index is -5.71. The van der Waals surface area contributed by atoms with Crippen LogP contribution in [0.3, 0.4) is 0 Å². The van der Waals surface area contributed by atoms with Gasteiger partial charge in [-0.2, -0.15) is 9.29 Å². The van der Waals surface area contributed by atoms with Crippen LogP contribution in [-0.4, -0.2) is 114 Å². The number of carbonyl (C=O) groups excluding carboxylic acids is 3. The molecule has 0 spiro atoms. The number of nitrogen functional groups attached to an aromatic ring is 1. The van der Waals surface area contributed by atoms with Gasteiger partial charge in [-0.25, -0.2) is 13.9 Å². The molecule has 1 aromatic heterocycles. The molecular weight excluding hydrogens is 1020 g/mol. The zero-order valence-corrected chi connectivity index (χ0v) is 46.1. The van der Waals surface area contributed by atoms with Crippen molar-refractivity contribution in [3.8, 4) is 0 Å². The van der Waals surface area contributed by atoms with Crippen molar-refractivity contribution >= 4 is 39.2 Å². The average Bonchev–Trinajstić information content (AvgIpc) is 3.35. The number of ketones is 1. The van der Waals surface area contributed by atoms with Gasteiger partial charge in [-0.1, -0.05) is 141 Å². The first-order valence-corrected chi connectivity index (χ1v) is 30.4. The van der Waals surface area contributed by atoms with E-state index in [1.165, 1.54) is 62.9 Å². The summed E-state index contributed by atoms with van der Waals surface area (Å²) in [5.41, 5.74) is 4.78. The Morgan fingerprint density at radius 3 is 2.08 bits per heavy atom. The number of fused-ring (bicyclic) bond motifs is 3. The number of hydrogen-bond acceptors (Lipinski definition) is 18. The molecular formula is C52H89N3O18P2. The van der Waals surface area contributed by atoms with Gasteiger partial charge in [-0.15, -0.1) is 0 Å². The summed E-state index contributed by atoms with van der Waals surface area (Å²) in [5.74, 6) is -5.02. The molecule has 0 saturated carbocycles. The van der Waals surface area contributed by atoms with Gasteiger partial charge in [0.15, 0.2) is 6.10 Å².